The Morgan fingerprint density at radius 1 is 1.50 bits per heavy atom. The molecule has 1 rings (SSSR count). The molecule has 5 heteroatoms. The van der Waals surface area contributed by atoms with Crippen molar-refractivity contribution in [1.29, 1.82) is 5.41 Å². The molecular weight excluding hydrogens is 292 g/mol. The fraction of sp³-hybridized carbons (Fsp3) is 0.538. The van der Waals surface area contributed by atoms with Gasteiger partial charge >= 0.3 is 0 Å². The average Bonchev–Trinajstić information content (AvgIpc) is 2.27. The second kappa shape index (κ2) is 6.73. The van der Waals surface area contributed by atoms with Gasteiger partial charge < -0.3 is 10.6 Å². The lowest BCUT2D eigenvalue weighted by Gasteiger charge is -2.26. The van der Waals surface area contributed by atoms with Crippen LogP contribution in [0.3, 0.4) is 0 Å². The predicted octanol–water partition coefficient (Wildman–Crippen LogP) is 2.94. The Morgan fingerprint density at radius 2 is 2.17 bits per heavy atom. The first-order valence-electron chi connectivity index (χ1n) is 6.11. The monoisotopic (exact) mass is 312 g/mol. The van der Waals surface area contributed by atoms with Crippen LogP contribution < -0.4 is 10.6 Å². The fourth-order valence-corrected chi connectivity index (χ4v) is 1.92. The molecule has 0 aliphatic heterocycles. The smallest absolute Gasteiger partial charge is 0.128 e. The highest BCUT2D eigenvalue weighted by molar-refractivity contribution is 9.10. The molecule has 1 heterocycles. The van der Waals surface area contributed by atoms with Gasteiger partial charge in [-0.25, -0.2) is 4.98 Å². The van der Waals surface area contributed by atoms with Crippen LogP contribution in [-0.4, -0.2) is 23.9 Å². The Morgan fingerprint density at radius 3 is 2.67 bits per heavy atom. The molecule has 0 aromatic carbocycles. The van der Waals surface area contributed by atoms with Gasteiger partial charge in [0.1, 0.15) is 5.82 Å². The maximum absolute atomic E-state index is 7.33. The van der Waals surface area contributed by atoms with Crippen molar-refractivity contribution < 1.29 is 0 Å². The van der Waals surface area contributed by atoms with E-state index in [1.807, 2.05) is 19.1 Å². The molecule has 0 amide bonds. The maximum Gasteiger partial charge on any atom is 0.128 e. The van der Waals surface area contributed by atoms with Crippen molar-refractivity contribution in [2.24, 2.45) is 11.7 Å². The predicted molar refractivity (Wildman–Crippen MR) is 80.3 cm³/mol. The molecule has 1 aromatic rings. The summed E-state index contributed by atoms with van der Waals surface area (Å²) in [7, 11) is 0. The third kappa shape index (κ3) is 4.64. The van der Waals surface area contributed by atoms with Gasteiger partial charge in [-0.1, -0.05) is 13.8 Å². The van der Waals surface area contributed by atoms with E-state index in [-0.39, 0.29) is 5.84 Å². The van der Waals surface area contributed by atoms with Crippen LogP contribution >= 0.6 is 15.9 Å². The van der Waals surface area contributed by atoms with Gasteiger partial charge in [-0.3, -0.25) is 5.41 Å². The van der Waals surface area contributed by atoms with Crippen LogP contribution in [0.5, 0.6) is 0 Å². The lowest BCUT2D eigenvalue weighted by atomic mass is 10.2. The van der Waals surface area contributed by atoms with E-state index in [0.29, 0.717) is 12.3 Å². The third-order valence-electron chi connectivity index (χ3n) is 2.57. The first-order valence-corrected chi connectivity index (χ1v) is 6.90. The number of hydrogen-bond donors (Lipinski definition) is 2. The standard InChI is InChI=1S/C13H21BrN4/c1-9(2)8-18(7-6-12(15)16)13-5-4-11(14)10(3)17-13/h4-5,9H,6-8H2,1-3H3,(H3,15,16). The number of rotatable bonds is 6. The fourth-order valence-electron chi connectivity index (χ4n) is 1.70. The number of nitrogens with zero attached hydrogens (tertiary/aromatic N) is 2. The highest BCUT2D eigenvalue weighted by atomic mass is 79.9. The van der Waals surface area contributed by atoms with E-state index in [1.54, 1.807) is 0 Å². The normalized spacial score (nSPS) is 10.7. The quantitative estimate of drug-likeness (QED) is 0.627. The molecule has 0 saturated carbocycles. The molecule has 0 fully saturated rings. The van der Waals surface area contributed by atoms with Crippen molar-refractivity contribution in [2.75, 3.05) is 18.0 Å². The zero-order valence-electron chi connectivity index (χ0n) is 11.2. The molecule has 0 saturated heterocycles. The van der Waals surface area contributed by atoms with E-state index in [0.717, 1.165) is 29.1 Å². The van der Waals surface area contributed by atoms with E-state index in [9.17, 15) is 0 Å². The van der Waals surface area contributed by atoms with Gasteiger partial charge in [0.25, 0.3) is 0 Å². The molecule has 0 radical (unpaired) electrons. The van der Waals surface area contributed by atoms with Crippen LogP contribution in [0.2, 0.25) is 0 Å². The average molecular weight is 313 g/mol. The van der Waals surface area contributed by atoms with E-state index in [4.69, 9.17) is 11.1 Å². The number of hydrogen-bond acceptors (Lipinski definition) is 3. The number of anilines is 1. The summed E-state index contributed by atoms with van der Waals surface area (Å²) in [6, 6.07) is 4.01. The first-order chi connectivity index (χ1) is 8.40. The largest absolute Gasteiger partial charge is 0.388 e. The van der Waals surface area contributed by atoms with Crippen LogP contribution in [0.25, 0.3) is 0 Å². The zero-order valence-corrected chi connectivity index (χ0v) is 12.8. The summed E-state index contributed by atoms with van der Waals surface area (Å²) < 4.78 is 1.02. The highest BCUT2D eigenvalue weighted by Crippen LogP contribution is 2.20. The molecule has 1 aromatic heterocycles. The number of nitrogens with one attached hydrogen (secondary N) is 1. The van der Waals surface area contributed by atoms with Gasteiger partial charge in [0, 0.05) is 24.0 Å². The van der Waals surface area contributed by atoms with E-state index in [2.05, 4.69) is 39.7 Å². The van der Waals surface area contributed by atoms with Crippen molar-refractivity contribution in [2.45, 2.75) is 27.2 Å². The number of aromatic nitrogens is 1. The van der Waals surface area contributed by atoms with E-state index >= 15 is 0 Å². The SMILES string of the molecule is Cc1nc(N(CCC(=N)N)CC(C)C)ccc1Br. The molecule has 18 heavy (non-hydrogen) atoms. The molecule has 0 aliphatic carbocycles. The van der Waals surface area contributed by atoms with Crippen LogP contribution in [-0.2, 0) is 0 Å². The van der Waals surface area contributed by atoms with Crippen molar-refractivity contribution in [3.05, 3.63) is 22.3 Å². The van der Waals surface area contributed by atoms with Crippen molar-refractivity contribution >= 4 is 27.6 Å². The molecule has 3 N–H and O–H groups in total. The minimum absolute atomic E-state index is 0.220. The molecule has 0 bridgehead atoms. The Bertz CT molecular complexity index is 417. The minimum atomic E-state index is 0.220. The lowest BCUT2D eigenvalue weighted by Crippen LogP contribution is -2.32. The molecule has 0 aliphatic rings. The summed E-state index contributed by atoms with van der Waals surface area (Å²) in [6.07, 6.45) is 0.573. The lowest BCUT2D eigenvalue weighted by molar-refractivity contribution is 0.608. The molecule has 0 spiro atoms. The molecular formula is C13H21BrN4. The summed E-state index contributed by atoms with van der Waals surface area (Å²) in [4.78, 5) is 6.76. The van der Waals surface area contributed by atoms with Crippen molar-refractivity contribution in [1.82, 2.24) is 4.98 Å². The number of pyridine rings is 1. The summed E-state index contributed by atoms with van der Waals surface area (Å²) in [6.45, 7) is 7.98. The summed E-state index contributed by atoms with van der Waals surface area (Å²) in [5, 5.41) is 7.33. The minimum Gasteiger partial charge on any atom is -0.388 e. The second-order valence-electron chi connectivity index (χ2n) is 4.85. The number of amidine groups is 1. The number of aryl methyl sites for hydroxylation is 1. The summed E-state index contributed by atoms with van der Waals surface area (Å²) in [5.74, 6) is 1.71. The number of nitrogens with two attached hydrogens (primary N) is 1. The zero-order chi connectivity index (χ0) is 13.7. The van der Waals surface area contributed by atoms with Crippen molar-refractivity contribution in [3.63, 3.8) is 0 Å². The van der Waals surface area contributed by atoms with E-state index in [1.165, 1.54) is 0 Å². The molecule has 0 atom stereocenters. The van der Waals surface area contributed by atoms with Gasteiger partial charge in [-0.15, -0.1) is 0 Å². The van der Waals surface area contributed by atoms with Crippen LogP contribution in [0.15, 0.2) is 16.6 Å². The molecule has 100 valence electrons. The molecule has 0 unspecified atom stereocenters. The van der Waals surface area contributed by atoms with Gasteiger partial charge in [-0.05, 0) is 40.9 Å². The van der Waals surface area contributed by atoms with Gasteiger partial charge in [-0.2, -0.15) is 0 Å². The summed E-state index contributed by atoms with van der Waals surface area (Å²) >= 11 is 3.46. The Kier molecular flexibility index (Phi) is 5.59. The Labute approximate surface area is 117 Å². The van der Waals surface area contributed by atoms with Crippen molar-refractivity contribution in [3.8, 4) is 0 Å². The van der Waals surface area contributed by atoms with Gasteiger partial charge in [0.05, 0.1) is 11.5 Å². The van der Waals surface area contributed by atoms with E-state index < -0.39 is 0 Å². The van der Waals surface area contributed by atoms with Gasteiger partial charge in [0.15, 0.2) is 0 Å². The van der Waals surface area contributed by atoms with Gasteiger partial charge in [0.2, 0.25) is 0 Å². The first kappa shape index (κ1) is 15.0. The Balaban J connectivity index is 2.86. The van der Waals surface area contributed by atoms with Crippen LogP contribution in [0, 0.1) is 18.3 Å². The second-order valence-corrected chi connectivity index (χ2v) is 5.71. The Hall–Kier alpha value is -1.10. The third-order valence-corrected chi connectivity index (χ3v) is 3.41. The van der Waals surface area contributed by atoms with Crippen LogP contribution in [0.1, 0.15) is 26.0 Å². The summed E-state index contributed by atoms with van der Waals surface area (Å²) in [5.41, 5.74) is 6.41. The molecule has 4 nitrogen and oxygen atoms in total. The number of halogens is 1. The highest BCUT2D eigenvalue weighted by Gasteiger charge is 2.11. The topological polar surface area (TPSA) is 66.0 Å². The van der Waals surface area contributed by atoms with Crippen LogP contribution in [0.4, 0.5) is 5.82 Å². The maximum atomic E-state index is 7.33.